The Morgan fingerprint density at radius 3 is 2.53 bits per heavy atom. The van der Waals surface area contributed by atoms with Gasteiger partial charge in [-0.15, -0.1) is 23.1 Å². The summed E-state index contributed by atoms with van der Waals surface area (Å²) >= 11 is 3.01. The van der Waals surface area contributed by atoms with E-state index in [1.54, 1.807) is 37.1 Å². The van der Waals surface area contributed by atoms with E-state index in [0.29, 0.717) is 70.8 Å². The number of hydrogen-bond acceptors (Lipinski definition) is 13. The fourth-order valence-electron chi connectivity index (χ4n) is 9.52. The molecular formula is C46H62N8O9S3. The summed E-state index contributed by atoms with van der Waals surface area (Å²) in [5.41, 5.74) is -0.214. The molecule has 0 radical (unpaired) electrons. The lowest BCUT2D eigenvalue weighted by molar-refractivity contribution is -0.145. The number of carboxylic acids is 1. The van der Waals surface area contributed by atoms with Gasteiger partial charge in [-0.2, -0.15) is 4.31 Å². The van der Waals surface area contributed by atoms with E-state index in [1.165, 1.54) is 20.5 Å². The van der Waals surface area contributed by atoms with E-state index >= 15 is 4.79 Å². The molecule has 8 rings (SSSR count). The molecule has 66 heavy (non-hydrogen) atoms. The van der Waals surface area contributed by atoms with Crippen molar-refractivity contribution >= 4 is 73.0 Å². The SMILES string of the molecule is COc1ccc2c(O[C@@H]3C[C@H]4C(=O)N[C@]5(C(=O)O)CC5CCCCCCC[C@H](NC(=O)NC(CN5CC6=C(CCS6)S5(=O)=O)C(C)(C)C)C(=O)N4C3)cc(-c3csc(NC(C)C)n3)nc2c1. The van der Waals surface area contributed by atoms with Crippen molar-refractivity contribution in [3.63, 3.8) is 0 Å². The molecule has 3 aromatic rings. The van der Waals surface area contributed by atoms with Crippen LogP contribution in [0.3, 0.4) is 0 Å². The second-order valence-corrected chi connectivity index (χ2v) is 23.6. The number of carbonyl (C=O) groups is 4. The number of thiazole rings is 1. The quantitative estimate of drug-likeness (QED) is 0.142. The highest BCUT2D eigenvalue weighted by Gasteiger charge is 2.62. The minimum atomic E-state index is -3.65. The van der Waals surface area contributed by atoms with Crippen molar-refractivity contribution in [2.75, 3.05) is 37.8 Å². The van der Waals surface area contributed by atoms with Crippen molar-refractivity contribution in [1.29, 1.82) is 0 Å². The largest absolute Gasteiger partial charge is 0.497 e. The highest BCUT2D eigenvalue weighted by atomic mass is 32.2. The summed E-state index contributed by atoms with van der Waals surface area (Å²) in [5, 5.41) is 25.9. The molecular weight excluding hydrogens is 905 g/mol. The summed E-state index contributed by atoms with van der Waals surface area (Å²) in [6, 6.07) is 4.01. The molecule has 4 amide bonds. The van der Waals surface area contributed by atoms with E-state index in [1.807, 2.05) is 46.1 Å². The lowest BCUT2D eigenvalue weighted by Gasteiger charge is -2.35. The zero-order valence-corrected chi connectivity index (χ0v) is 40.9. The fraction of sp³-hybridized carbons (Fsp3) is 0.609. The maximum Gasteiger partial charge on any atom is 0.329 e. The van der Waals surface area contributed by atoms with Crippen molar-refractivity contribution in [2.45, 2.75) is 135 Å². The van der Waals surface area contributed by atoms with Crippen LogP contribution in [0.5, 0.6) is 11.5 Å². The Bertz CT molecular complexity index is 2510. The number of aromatic nitrogens is 2. The number of pyridine rings is 1. The molecule has 358 valence electrons. The summed E-state index contributed by atoms with van der Waals surface area (Å²) in [7, 11) is -2.08. The molecule has 0 spiro atoms. The molecule has 3 fully saturated rings. The van der Waals surface area contributed by atoms with Crippen molar-refractivity contribution < 1.29 is 42.2 Å². The van der Waals surface area contributed by atoms with Gasteiger partial charge in [0.05, 0.1) is 29.8 Å². The molecule has 20 heteroatoms. The first-order chi connectivity index (χ1) is 31.4. The maximum absolute atomic E-state index is 15.0. The normalized spacial score (nSPS) is 26.4. The van der Waals surface area contributed by atoms with Crippen molar-refractivity contribution in [3.8, 4) is 22.9 Å². The van der Waals surface area contributed by atoms with Crippen LogP contribution in [0, 0.1) is 11.3 Å². The van der Waals surface area contributed by atoms with Gasteiger partial charge in [-0.1, -0.05) is 52.9 Å². The van der Waals surface area contributed by atoms with Crippen molar-refractivity contribution in [1.82, 2.24) is 35.1 Å². The number of hydrogen-bond donors (Lipinski definition) is 5. The third kappa shape index (κ3) is 10.1. The van der Waals surface area contributed by atoms with Gasteiger partial charge >= 0.3 is 12.0 Å². The van der Waals surface area contributed by atoms with Gasteiger partial charge in [-0.3, -0.25) is 9.59 Å². The number of nitrogens with zero attached hydrogens (tertiary/aromatic N) is 4. The van der Waals surface area contributed by atoms with Gasteiger partial charge in [-0.25, -0.2) is 28.0 Å². The molecule has 2 saturated heterocycles. The van der Waals surface area contributed by atoms with Crippen LogP contribution in [-0.2, 0) is 24.4 Å². The van der Waals surface area contributed by atoms with Crippen LogP contribution in [0.1, 0.15) is 98.8 Å². The Morgan fingerprint density at radius 2 is 1.82 bits per heavy atom. The highest BCUT2D eigenvalue weighted by molar-refractivity contribution is 8.05. The molecule has 5 aliphatic rings. The monoisotopic (exact) mass is 966 g/mol. The number of anilines is 1. The standard InChI is InChI=1S/C46H62N8O9S3/c1-26(2)47-44-50-34(25-65-44)33-20-36(30-15-14-28(62-6)18-32(30)48-33)63-29-19-35-40(55)52-46(42(57)58)21-27(46)12-10-8-7-9-11-13-31(41(56)54(35)22-29)49-43(59)51-39(45(3,4)5)24-53-23-37-38(16-17-64-37)66(53,60)61/h14-15,18,20,25-27,29,31,35,39H,7-13,16-17,19,21-24H2,1-6H3,(H,47,50)(H,52,55)(H,57,58)(H2,49,51,59)/t27?,29-,31+,35+,39?,46-/m1/s1. The molecule has 6 heterocycles. The van der Waals surface area contributed by atoms with Gasteiger partial charge in [-0.05, 0) is 63.0 Å². The summed E-state index contributed by atoms with van der Waals surface area (Å²) in [6.07, 6.45) is 5.06. The molecule has 1 aliphatic carbocycles. The third-order valence-electron chi connectivity index (χ3n) is 13.4. The molecule has 5 N–H and O–H groups in total. The number of thioether (sulfide) groups is 1. The number of methoxy groups -OCH3 is 1. The molecule has 2 unspecified atom stereocenters. The van der Waals surface area contributed by atoms with Crippen LogP contribution in [0.4, 0.5) is 9.93 Å². The molecule has 6 atom stereocenters. The number of rotatable bonds is 11. The average Bonchev–Trinajstić information content (AvgIpc) is 3.73. The van der Waals surface area contributed by atoms with Gasteiger partial charge in [0.15, 0.2) is 5.13 Å². The number of fused-ring (bicyclic) bond motifs is 3. The smallest absolute Gasteiger partial charge is 0.329 e. The number of sulfonamides is 1. The summed E-state index contributed by atoms with van der Waals surface area (Å²) in [5.74, 6) is -0.612. The van der Waals surface area contributed by atoms with Gasteiger partial charge in [0, 0.05) is 65.2 Å². The predicted molar refractivity (Wildman–Crippen MR) is 255 cm³/mol. The Labute approximate surface area is 394 Å². The number of benzene rings is 1. The second kappa shape index (κ2) is 19.1. The number of allylic oxidation sites excluding steroid dienone is 1. The first-order valence-corrected chi connectivity index (χ1v) is 26.3. The Hall–Kier alpha value is -4.66. The lowest BCUT2D eigenvalue weighted by Crippen LogP contribution is -2.59. The third-order valence-corrected chi connectivity index (χ3v) is 17.5. The summed E-state index contributed by atoms with van der Waals surface area (Å²) in [4.78, 5) is 68.8. The highest BCUT2D eigenvalue weighted by Crippen LogP contribution is 2.48. The average molecular weight is 967 g/mol. The van der Waals surface area contributed by atoms with Crippen LogP contribution in [0.2, 0.25) is 0 Å². The van der Waals surface area contributed by atoms with E-state index in [0.717, 1.165) is 41.5 Å². The van der Waals surface area contributed by atoms with E-state index in [2.05, 4.69) is 21.3 Å². The van der Waals surface area contributed by atoms with Crippen molar-refractivity contribution in [2.24, 2.45) is 11.3 Å². The first kappa shape index (κ1) is 47.8. The van der Waals surface area contributed by atoms with E-state index in [-0.39, 0.29) is 38.0 Å². The van der Waals surface area contributed by atoms with Gasteiger partial charge < -0.3 is 40.7 Å². The van der Waals surface area contributed by atoms with E-state index in [4.69, 9.17) is 19.4 Å². The van der Waals surface area contributed by atoms with E-state index in [9.17, 15) is 27.9 Å². The maximum atomic E-state index is 15.0. The van der Waals surface area contributed by atoms with Crippen molar-refractivity contribution in [3.05, 3.63) is 39.5 Å². The summed E-state index contributed by atoms with van der Waals surface area (Å²) in [6.45, 7) is 10.1. The number of carbonyl (C=O) groups excluding carboxylic acids is 3. The molecule has 2 aromatic heterocycles. The zero-order chi connectivity index (χ0) is 47.1. The molecule has 1 aromatic carbocycles. The summed E-state index contributed by atoms with van der Waals surface area (Å²) < 4.78 is 40.7. The fourth-order valence-corrected chi connectivity index (χ4v) is 13.8. The number of ether oxygens (including phenoxy) is 2. The second-order valence-electron chi connectivity index (χ2n) is 19.6. The number of nitrogens with one attached hydrogen (secondary N) is 4. The minimum Gasteiger partial charge on any atom is -0.497 e. The first-order valence-electron chi connectivity index (χ1n) is 23.0. The van der Waals surface area contributed by atoms with Crippen LogP contribution in [0.25, 0.3) is 22.3 Å². The molecule has 4 aliphatic heterocycles. The van der Waals surface area contributed by atoms with Crippen LogP contribution >= 0.6 is 23.1 Å². The minimum absolute atomic E-state index is 0.0260. The lowest BCUT2D eigenvalue weighted by atomic mass is 9.86. The molecule has 1 saturated carbocycles. The number of carboxylic acid groups (broad SMARTS) is 1. The number of aliphatic carboxylic acids is 1. The van der Waals surface area contributed by atoms with Gasteiger partial charge in [0.25, 0.3) is 0 Å². The van der Waals surface area contributed by atoms with Gasteiger partial charge in [0.1, 0.15) is 40.9 Å². The Balaban J connectivity index is 1.08. The zero-order valence-electron chi connectivity index (χ0n) is 38.5. The van der Waals surface area contributed by atoms with Gasteiger partial charge in [0.2, 0.25) is 21.8 Å². The van der Waals surface area contributed by atoms with Crippen LogP contribution in [-0.4, -0.2) is 125 Å². The van der Waals surface area contributed by atoms with E-state index < -0.39 is 69.0 Å². The predicted octanol–water partition coefficient (Wildman–Crippen LogP) is 6.32. The topological polar surface area (TPSA) is 221 Å². The molecule has 17 nitrogen and oxygen atoms in total. The Morgan fingerprint density at radius 1 is 1.06 bits per heavy atom. The number of amides is 4. The molecule has 0 bridgehead atoms. The number of urea groups is 1. The Kier molecular flexibility index (Phi) is 13.9. The van der Waals surface area contributed by atoms with Crippen LogP contribution < -0.4 is 30.7 Å². The van der Waals surface area contributed by atoms with Crippen LogP contribution in [0.15, 0.2) is 39.5 Å².